The van der Waals surface area contributed by atoms with Crippen molar-refractivity contribution < 1.29 is 5.11 Å². The fraction of sp³-hybridized carbons (Fsp3) is 0.667. The number of hydrogen-bond donors (Lipinski definition) is 1. The molecule has 0 fully saturated rings. The standard InChI is InChI=1S/C9H15NOS/c1-3-9(2,6-11)4-8-5-10-7-12-8/h5,7,11H,3-4,6H2,1-2H3. The van der Waals surface area contributed by atoms with E-state index in [1.165, 1.54) is 4.88 Å². The first-order valence-corrected chi connectivity index (χ1v) is 5.06. The van der Waals surface area contributed by atoms with E-state index in [1.807, 2.05) is 11.7 Å². The fourth-order valence-electron chi connectivity index (χ4n) is 1.04. The highest BCUT2D eigenvalue weighted by Crippen LogP contribution is 2.26. The number of rotatable bonds is 4. The van der Waals surface area contributed by atoms with E-state index < -0.39 is 0 Å². The molecule has 68 valence electrons. The molecule has 0 bridgehead atoms. The quantitative estimate of drug-likeness (QED) is 0.779. The number of hydrogen-bond acceptors (Lipinski definition) is 3. The van der Waals surface area contributed by atoms with Crippen LogP contribution in [-0.4, -0.2) is 16.7 Å². The van der Waals surface area contributed by atoms with Gasteiger partial charge in [0.1, 0.15) is 0 Å². The van der Waals surface area contributed by atoms with Crippen LogP contribution in [0.3, 0.4) is 0 Å². The minimum Gasteiger partial charge on any atom is -0.396 e. The second-order valence-corrected chi connectivity index (χ2v) is 4.44. The van der Waals surface area contributed by atoms with Crippen LogP contribution in [0.15, 0.2) is 11.7 Å². The van der Waals surface area contributed by atoms with Gasteiger partial charge >= 0.3 is 0 Å². The third-order valence-electron chi connectivity index (χ3n) is 2.32. The Morgan fingerprint density at radius 2 is 2.42 bits per heavy atom. The van der Waals surface area contributed by atoms with Gasteiger partial charge < -0.3 is 5.11 Å². The van der Waals surface area contributed by atoms with Crippen LogP contribution in [-0.2, 0) is 6.42 Å². The maximum atomic E-state index is 9.17. The lowest BCUT2D eigenvalue weighted by Gasteiger charge is -2.24. The summed E-state index contributed by atoms with van der Waals surface area (Å²) < 4.78 is 0. The molecule has 1 N–H and O–H groups in total. The van der Waals surface area contributed by atoms with Gasteiger partial charge in [-0.1, -0.05) is 13.8 Å². The molecular formula is C9H15NOS. The van der Waals surface area contributed by atoms with E-state index in [0.717, 1.165) is 12.8 Å². The fourth-order valence-corrected chi connectivity index (χ4v) is 1.85. The molecule has 1 aromatic rings. The van der Waals surface area contributed by atoms with E-state index in [9.17, 15) is 0 Å². The highest BCUT2D eigenvalue weighted by atomic mass is 32.1. The van der Waals surface area contributed by atoms with E-state index in [2.05, 4.69) is 18.8 Å². The Hall–Kier alpha value is -0.410. The highest BCUT2D eigenvalue weighted by Gasteiger charge is 2.21. The number of aliphatic hydroxyl groups excluding tert-OH is 1. The zero-order valence-corrected chi connectivity index (χ0v) is 8.40. The van der Waals surface area contributed by atoms with Gasteiger partial charge in [-0.2, -0.15) is 0 Å². The first-order chi connectivity index (χ1) is 5.70. The minimum absolute atomic E-state index is 0.0343. The molecule has 12 heavy (non-hydrogen) atoms. The monoisotopic (exact) mass is 185 g/mol. The molecule has 1 aromatic heterocycles. The van der Waals surface area contributed by atoms with E-state index in [-0.39, 0.29) is 12.0 Å². The van der Waals surface area contributed by atoms with Crippen molar-refractivity contribution in [3.05, 3.63) is 16.6 Å². The molecule has 0 aliphatic rings. The SMILES string of the molecule is CCC(C)(CO)Cc1cncs1. The molecule has 0 saturated heterocycles. The molecule has 0 saturated carbocycles. The van der Waals surface area contributed by atoms with Gasteiger partial charge in [0.25, 0.3) is 0 Å². The van der Waals surface area contributed by atoms with Crippen molar-refractivity contribution in [2.24, 2.45) is 5.41 Å². The van der Waals surface area contributed by atoms with Gasteiger partial charge in [0.05, 0.1) is 5.51 Å². The van der Waals surface area contributed by atoms with Gasteiger partial charge in [-0.25, -0.2) is 0 Å². The molecule has 0 aromatic carbocycles. The van der Waals surface area contributed by atoms with Crippen LogP contribution in [0.1, 0.15) is 25.1 Å². The summed E-state index contributed by atoms with van der Waals surface area (Å²) in [6.07, 6.45) is 3.82. The lowest BCUT2D eigenvalue weighted by Crippen LogP contribution is -2.22. The van der Waals surface area contributed by atoms with Gasteiger partial charge in [0.2, 0.25) is 0 Å². The molecule has 0 aliphatic heterocycles. The van der Waals surface area contributed by atoms with E-state index in [0.29, 0.717) is 0 Å². The predicted octanol–water partition coefficient (Wildman–Crippen LogP) is 2.09. The smallest absolute Gasteiger partial charge is 0.0794 e. The van der Waals surface area contributed by atoms with Crippen molar-refractivity contribution in [3.8, 4) is 0 Å². The molecule has 1 heterocycles. The lowest BCUT2D eigenvalue weighted by molar-refractivity contribution is 0.138. The van der Waals surface area contributed by atoms with Crippen LogP contribution in [0.5, 0.6) is 0 Å². The number of thiazole rings is 1. The summed E-state index contributed by atoms with van der Waals surface area (Å²) >= 11 is 1.66. The Morgan fingerprint density at radius 1 is 1.67 bits per heavy atom. The van der Waals surface area contributed by atoms with E-state index >= 15 is 0 Å². The summed E-state index contributed by atoms with van der Waals surface area (Å²) in [6.45, 7) is 4.46. The van der Waals surface area contributed by atoms with Crippen LogP contribution < -0.4 is 0 Å². The normalized spacial score (nSPS) is 15.9. The third-order valence-corrected chi connectivity index (χ3v) is 3.10. The Bertz CT molecular complexity index is 216. The molecule has 1 rings (SSSR count). The van der Waals surface area contributed by atoms with E-state index in [1.54, 1.807) is 11.3 Å². The van der Waals surface area contributed by atoms with Crippen molar-refractivity contribution >= 4 is 11.3 Å². The van der Waals surface area contributed by atoms with Gasteiger partial charge in [-0.15, -0.1) is 11.3 Å². The van der Waals surface area contributed by atoms with Crippen molar-refractivity contribution in [1.82, 2.24) is 4.98 Å². The Balaban J connectivity index is 2.60. The third kappa shape index (κ3) is 2.29. The van der Waals surface area contributed by atoms with Gasteiger partial charge in [0, 0.05) is 17.7 Å². The van der Waals surface area contributed by atoms with Crippen LogP contribution in [0, 0.1) is 5.41 Å². The van der Waals surface area contributed by atoms with E-state index in [4.69, 9.17) is 5.11 Å². The number of nitrogens with zero attached hydrogens (tertiary/aromatic N) is 1. The van der Waals surface area contributed by atoms with Crippen LogP contribution >= 0.6 is 11.3 Å². The second kappa shape index (κ2) is 4.01. The van der Waals surface area contributed by atoms with Gasteiger partial charge in [0.15, 0.2) is 0 Å². The Morgan fingerprint density at radius 3 is 2.83 bits per heavy atom. The summed E-state index contributed by atoms with van der Waals surface area (Å²) in [5, 5.41) is 9.17. The van der Waals surface area contributed by atoms with Crippen molar-refractivity contribution in [2.75, 3.05) is 6.61 Å². The zero-order valence-electron chi connectivity index (χ0n) is 7.58. The average Bonchev–Trinajstić information content (AvgIpc) is 2.57. The zero-order chi connectivity index (χ0) is 9.03. The number of aliphatic hydroxyl groups is 1. The maximum Gasteiger partial charge on any atom is 0.0794 e. The van der Waals surface area contributed by atoms with Crippen LogP contribution in [0.2, 0.25) is 0 Å². The van der Waals surface area contributed by atoms with Gasteiger partial charge in [-0.3, -0.25) is 4.98 Å². The first kappa shape index (κ1) is 9.68. The van der Waals surface area contributed by atoms with Crippen molar-refractivity contribution in [2.45, 2.75) is 26.7 Å². The predicted molar refractivity (Wildman–Crippen MR) is 51.3 cm³/mol. The molecule has 0 amide bonds. The average molecular weight is 185 g/mol. The molecule has 1 atom stereocenters. The summed E-state index contributed by atoms with van der Waals surface area (Å²) in [6, 6.07) is 0. The molecule has 0 aliphatic carbocycles. The minimum atomic E-state index is 0.0343. The topological polar surface area (TPSA) is 33.1 Å². The molecule has 0 radical (unpaired) electrons. The summed E-state index contributed by atoms with van der Waals surface area (Å²) in [5.74, 6) is 0. The van der Waals surface area contributed by atoms with Crippen molar-refractivity contribution in [3.63, 3.8) is 0 Å². The Kier molecular flexibility index (Phi) is 3.23. The summed E-state index contributed by atoms with van der Waals surface area (Å²) in [4.78, 5) is 5.27. The van der Waals surface area contributed by atoms with Crippen LogP contribution in [0.4, 0.5) is 0 Å². The largest absolute Gasteiger partial charge is 0.396 e. The lowest BCUT2D eigenvalue weighted by atomic mass is 9.85. The highest BCUT2D eigenvalue weighted by molar-refractivity contribution is 7.09. The first-order valence-electron chi connectivity index (χ1n) is 4.18. The Labute approximate surface area is 77.3 Å². The molecule has 2 nitrogen and oxygen atoms in total. The summed E-state index contributed by atoms with van der Waals surface area (Å²) in [5.41, 5.74) is 1.87. The molecule has 3 heteroatoms. The summed E-state index contributed by atoms with van der Waals surface area (Å²) in [7, 11) is 0. The molecule has 0 spiro atoms. The maximum absolute atomic E-state index is 9.17. The molecule has 1 unspecified atom stereocenters. The second-order valence-electron chi connectivity index (χ2n) is 3.47. The van der Waals surface area contributed by atoms with Crippen LogP contribution in [0.25, 0.3) is 0 Å². The number of aromatic nitrogens is 1. The van der Waals surface area contributed by atoms with Crippen molar-refractivity contribution in [1.29, 1.82) is 0 Å². The molecular weight excluding hydrogens is 170 g/mol. The van der Waals surface area contributed by atoms with Gasteiger partial charge in [-0.05, 0) is 18.3 Å².